The van der Waals surface area contributed by atoms with E-state index in [2.05, 4.69) is 4.90 Å². The second-order valence-corrected chi connectivity index (χ2v) is 4.95. The van der Waals surface area contributed by atoms with E-state index in [0.717, 1.165) is 25.4 Å². The molecule has 2 N–H and O–H groups in total. The fourth-order valence-electron chi connectivity index (χ4n) is 2.27. The summed E-state index contributed by atoms with van der Waals surface area (Å²) >= 11 is 0. The molecule has 1 aromatic rings. The van der Waals surface area contributed by atoms with Crippen molar-refractivity contribution in [1.82, 2.24) is 9.80 Å². The summed E-state index contributed by atoms with van der Waals surface area (Å²) in [4.78, 5) is 15.6. The van der Waals surface area contributed by atoms with E-state index in [9.17, 15) is 4.79 Å². The Kier molecular flexibility index (Phi) is 5.68. The third kappa shape index (κ3) is 4.82. The number of nitrogen functional groups attached to an aromatic ring is 1. The summed E-state index contributed by atoms with van der Waals surface area (Å²) in [5.41, 5.74) is 6.41. The first-order valence-corrected chi connectivity index (χ1v) is 7.31. The maximum atomic E-state index is 11.6. The Bertz CT molecular complexity index is 459. The molecule has 1 aliphatic rings. The van der Waals surface area contributed by atoms with Crippen LogP contribution in [-0.2, 0) is 4.74 Å². The molecular formula is C15H23N3O3. The maximum absolute atomic E-state index is 11.6. The van der Waals surface area contributed by atoms with Crippen molar-refractivity contribution in [1.29, 1.82) is 0 Å². The molecule has 0 aliphatic carbocycles. The predicted octanol–water partition coefficient (Wildman–Crippen LogP) is 1.42. The first kappa shape index (κ1) is 15.4. The van der Waals surface area contributed by atoms with Gasteiger partial charge < -0.3 is 20.1 Å². The van der Waals surface area contributed by atoms with Crippen LogP contribution in [0.1, 0.15) is 6.92 Å². The topological polar surface area (TPSA) is 68.0 Å². The van der Waals surface area contributed by atoms with Crippen molar-refractivity contribution in [2.24, 2.45) is 0 Å². The first-order valence-electron chi connectivity index (χ1n) is 7.31. The average Bonchev–Trinajstić information content (AvgIpc) is 2.48. The van der Waals surface area contributed by atoms with Gasteiger partial charge >= 0.3 is 6.09 Å². The quantitative estimate of drug-likeness (QED) is 0.832. The zero-order chi connectivity index (χ0) is 15.1. The van der Waals surface area contributed by atoms with Crippen LogP contribution >= 0.6 is 0 Å². The van der Waals surface area contributed by atoms with Gasteiger partial charge in [-0.15, -0.1) is 0 Å². The van der Waals surface area contributed by atoms with Crippen LogP contribution < -0.4 is 10.5 Å². The lowest BCUT2D eigenvalue weighted by Crippen LogP contribution is -2.49. The van der Waals surface area contributed by atoms with Gasteiger partial charge in [-0.1, -0.05) is 6.07 Å². The number of benzene rings is 1. The fraction of sp³-hybridized carbons (Fsp3) is 0.533. The van der Waals surface area contributed by atoms with Gasteiger partial charge in [-0.2, -0.15) is 0 Å². The van der Waals surface area contributed by atoms with Gasteiger partial charge in [-0.05, 0) is 19.1 Å². The Labute approximate surface area is 125 Å². The third-order valence-electron chi connectivity index (χ3n) is 3.43. The number of hydrogen-bond acceptors (Lipinski definition) is 5. The van der Waals surface area contributed by atoms with Crippen molar-refractivity contribution in [3.63, 3.8) is 0 Å². The summed E-state index contributed by atoms with van der Waals surface area (Å²) in [6.07, 6.45) is -0.215. The largest absolute Gasteiger partial charge is 0.492 e. The lowest BCUT2D eigenvalue weighted by atomic mass is 10.3. The first-order chi connectivity index (χ1) is 10.2. The average molecular weight is 293 g/mol. The van der Waals surface area contributed by atoms with Crippen molar-refractivity contribution in [3.8, 4) is 5.75 Å². The summed E-state index contributed by atoms with van der Waals surface area (Å²) in [5, 5.41) is 0. The van der Waals surface area contributed by atoms with Gasteiger partial charge in [0.25, 0.3) is 0 Å². The van der Waals surface area contributed by atoms with E-state index < -0.39 is 0 Å². The van der Waals surface area contributed by atoms with Crippen molar-refractivity contribution in [3.05, 3.63) is 24.3 Å². The Morgan fingerprint density at radius 1 is 1.29 bits per heavy atom. The SMILES string of the molecule is CCOC(=O)N1CCN(CCOc2cccc(N)c2)CC1. The molecule has 21 heavy (non-hydrogen) atoms. The number of rotatable bonds is 5. The normalized spacial score (nSPS) is 15.8. The van der Waals surface area contributed by atoms with E-state index in [0.29, 0.717) is 32.0 Å². The van der Waals surface area contributed by atoms with Crippen LogP contribution in [0.3, 0.4) is 0 Å². The summed E-state index contributed by atoms with van der Waals surface area (Å²) in [5.74, 6) is 0.792. The molecule has 1 aliphatic heterocycles. The zero-order valence-corrected chi connectivity index (χ0v) is 12.5. The van der Waals surface area contributed by atoms with Crippen LogP contribution in [0.25, 0.3) is 0 Å². The van der Waals surface area contributed by atoms with Crippen molar-refractivity contribution in [2.75, 3.05) is 51.7 Å². The monoisotopic (exact) mass is 293 g/mol. The summed E-state index contributed by atoms with van der Waals surface area (Å²) in [6, 6.07) is 7.43. The highest BCUT2D eigenvalue weighted by Crippen LogP contribution is 2.14. The van der Waals surface area contributed by atoms with Crippen molar-refractivity contribution < 1.29 is 14.3 Å². The molecule has 0 atom stereocenters. The standard InChI is InChI=1S/C15H23N3O3/c1-2-20-15(19)18-8-6-17(7-9-18)10-11-21-14-5-3-4-13(16)12-14/h3-5,12H,2,6-11,16H2,1H3. The number of hydrogen-bond donors (Lipinski definition) is 1. The molecular weight excluding hydrogens is 270 g/mol. The second kappa shape index (κ2) is 7.73. The van der Waals surface area contributed by atoms with E-state index in [1.54, 1.807) is 4.90 Å². The van der Waals surface area contributed by atoms with Crippen molar-refractivity contribution >= 4 is 11.8 Å². The van der Waals surface area contributed by atoms with E-state index in [1.165, 1.54) is 0 Å². The van der Waals surface area contributed by atoms with Gasteiger partial charge in [0.1, 0.15) is 12.4 Å². The number of nitrogens with zero attached hydrogens (tertiary/aromatic N) is 2. The number of carbonyl (C=O) groups excluding carboxylic acids is 1. The van der Waals surface area contributed by atoms with Gasteiger partial charge in [0.2, 0.25) is 0 Å². The minimum Gasteiger partial charge on any atom is -0.492 e. The van der Waals surface area contributed by atoms with E-state index in [1.807, 2.05) is 31.2 Å². The van der Waals surface area contributed by atoms with Crippen LogP contribution in [0.2, 0.25) is 0 Å². The smallest absolute Gasteiger partial charge is 0.409 e. The van der Waals surface area contributed by atoms with Crippen LogP contribution in [0.5, 0.6) is 5.75 Å². The Hall–Kier alpha value is -1.95. The highest BCUT2D eigenvalue weighted by Gasteiger charge is 2.21. The van der Waals surface area contributed by atoms with Crippen LogP contribution in [0, 0.1) is 0 Å². The number of anilines is 1. The zero-order valence-electron chi connectivity index (χ0n) is 12.5. The molecule has 1 aromatic carbocycles. The highest BCUT2D eigenvalue weighted by atomic mass is 16.6. The highest BCUT2D eigenvalue weighted by molar-refractivity contribution is 5.67. The molecule has 0 unspecified atom stereocenters. The van der Waals surface area contributed by atoms with E-state index in [4.69, 9.17) is 15.2 Å². The summed E-state index contributed by atoms with van der Waals surface area (Å²) in [6.45, 7) is 6.80. The van der Waals surface area contributed by atoms with Gasteiger partial charge in [0.15, 0.2) is 0 Å². The molecule has 0 bridgehead atoms. The Balaban J connectivity index is 1.66. The minimum atomic E-state index is -0.215. The summed E-state index contributed by atoms with van der Waals surface area (Å²) in [7, 11) is 0. The van der Waals surface area contributed by atoms with Gasteiger partial charge in [0.05, 0.1) is 6.61 Å². The van der Waals surface area contributed by atoms with Gasteiger partial charge in [-0.3, -0.25) is 4.90 Å². The van der Waals surface area contributed by atoms with Crippen molar-refractivity contribution in [2.45, 2.75) is 6.92 Å². The lowest BCUT2D eigenvalue weighted by Gasteiger charge is -2.33. The molecule has 0 radical (unpaired) electrons. The molecule has 2 rings (SSSR count). The fourth-order valence-corrected chi connectivity index (χ4v) is 2.27. The molecule has 1 heterocycles. The molecule has 0 aromatic heterocycles. The Morgan fingerprint density at radius 2 is 2.05 bits per heavy atom. The second-order valence-electron chi connectivity index (χ2n) is 4.95. The molecule has 1 amide bonds. The number of amides is 1. The maximum Gasteiger partial charge on any atom is 0.409 e. The molecule has 6 nitrogen and oxygen atoms in total. The molecule has 1 fully saturated rings. The number of nitrogens with two attached hydrogens (primary N) is 1. The van der Waals surface area contributed by atoms with Crippen LogP contribution in [0.4, 0.5) is 10.5 Å². The Morgan fingerprint density at radius 3 is 2.71 bits per heavy atom. The molecule has 1 saturated heterocycles. The molecule has 116 valence electrons. The number of ether oxygens (including phenoxy) is 2. The van der Waals surface area contributed by atoms with E-state index >= 15 is 0 Å². The van der Waals surface area contributed by atoms with E-state index in [-0.39, 0.29) is 6.09 Å². The van der Waals surface area contributed by atoms with Crippen LogP contribution in [0.15, 0.2) is 24.3 Å². The molecule has 0 saturated carbocycles. The minimum absolute atomic E-state index is 0.215. The lowest BCUT2D eigenvalue weighted by molar-refractivity contribution is 0.0757. The van der Waals surface area contributed by atoms with Gasteiger partial charge in [-0.25, -0.2) is 4.79 Å². The number of carbonyl (C=O) groups is 1. The third-order valence-corrected chi connectivity index (χ3v) is 3.43. The van der Waals surface area contributed by atoms with Crippen LogP contribution in [-0.4, -0.2) is 61.8 Å². The predicted molar refractivity (Wildman–Crippen MR) is 81.4 cm³/mol. The summed E-state index contributed by atoms with van der Waals surface area (Å²) < 4.78 is 10.7. The van der Waals surface area contributed by atoms with Gasteiger partial charge in [0, 0.05) is 44.5 Å². The number of piperazine rings is 1. The molecule has 0 spiro atoms. The molecule has 6 heteroatoms.